The molecule has 4 atom stereocenters. The minimum absolute atomic E-state index is 0.135. The summed E-state index contributed by atoms with van der Waals surface area (Å²) in [5.41, 5.74) is -0.125. The van der Waals surface area contributed by atoms with Crippen molar-refractivity contribution in [1.82, 2.24) is 0 Å². The molecule has 0 aromatic heterocycles. The Morgan fingerprint density at radius 3 is 2.50 bits per heavy atom. The maximum absolute atomic E-state index is 11.2. The van der Waals surface area contributed by atoms with Gasteiger partial charge in [-0.2, -0.15) is 0 Å². The number of hydrogen-bond donors (Lipinski definition) is 1. The summed E-state index contributed by atoms with van der Waals surface area (Å²) in [7, 11) is 0. The number of benzene rings is 1. The van der Waals surface area contributed by atoms with Crippen LogP contribution in [0.1, 0.15) is 32.6 Å². The fraction of sp³-hybridized carbons (Fsp3) is 0.600. The van der Waals surface area contributed by atoms with E-state index in [0.717, 1.165) is 12.0 Å². The highest BCUT2D eigenvalue weighted by atomic mass is 16.6. The Labute approximate surface area is 128 Å². The van der Waals surface area contributed by atoms with Gasteiger partial charge in [-0.1, -0.05) is 6.42 Å². The van der Waals surface area contributed by atoms with Crippen molar-refractivity contribution in [3.05, 3.63) is 38.4 Å². The van der Waals surface area contributed by atoms with Gasteiger partial charge in [-0.25, -0.2) is 0 Å². The molecule has 7 heteroatoms. The average molecular weight is 305 g/mol. The maximum atomic E-state index is 11.2. The molecule has 2 aliphatic carbocycles. The Bertz CT molecular complexity index is 619. The number of hydrogen-bond acceptors (Lipinski definition) is 5. The topological polar surface area (TPSA) is 98.3 Å². The zero-order chi connectivity index (χ0) is 15.9. The molecule has 0 amide bonds. The number of anilines is 1. The van der Waals surface area contributed by atoms with Gasteiger partial charge in [0, 0.05) is 12.1 Å². The van der Waals surface area contributed by atoms with Gasteiger partial charge in [0.1, 0.15) is 5.69 Å². The predicted molar refractivity (Wildman–Crippen MR) is 81.8 cm³/mol. The van der Waals surface area contributed by atoms with Crippen molar-refractivity contribution in [3.8, 4) is 0 Å². The summed E-state index contributed by atoms with van der Waals surface area (Å²) in [5.74, 6) is 2.06. The van der Waals surface area contributed by atoms with E-state index in [4.69, 9.17) is 0 Å². The van der Waals surface area contributed by atoms with E-state index < -0.39 is 9.85 Å². The van der Waals surface area contributed by atoms with Crippen molar-refractivity contribution in [2.24, 2.45) is 17.8 Å². The second-order valence-electron chi connectivity index (χ2n) is 6.49. The molecule has 0 spiro atoms. The van der Waals surface area contributed by atoms with E-state index in [9.17, 15) is 20.2 Å². The number of nitro benzene ring substituents is 2. The van der Waals surface area contributed by atoms with Crippen LogP contribution in [0.15, 0.2) is 18.2 Å². The molecule has 2 fully saturated rings. The predicted octanol–water partition coefficient (Wildman–Crippen LogP) is 3.74. The average Bonchev–Trinajstić information content (AvgIpc) is 3.09. The molecule has 1 N–H and O–H groups in total. The van der Waals surface area contributed by atoms with Crippen molar-refractivity contribution >= 4 is 17.1 Å². The van der Waals surface area contributed by atoms with Gasteiger partial charge in [-0.3, -0.25) is 20.2 Å². The van der Waals surface area contributed by atoms with E-state index in [1.807, 2.05) is 0 Å². The maximum Gasteiger partial charge on any atom is 0.299 e. The van der Waals surface area contributed by atoms with E-state index in [1.54, 1.807) is 0 Å². The van der Waals surface area contributed by atoms with Crippen LogP contribution in [-0.2, 0) is 0 Å². The Morgan fingerprint density at radius 2 is 1.95 bits per heavy atom. The smallest absolute Gasteiger partial charge is 0.299 e. The van der Waals surface area contributed by atoms with Gasteiger partial charge in [0.05, 0.1) is 15.9 Å². The van der Waals surface area contributed by atoms with Crippen LogP contribution in [0.5, 0.6) is 0 Å². The Morgan fingerprint density at radius 1 is 1.18 bits per heavy atom. The second-order valence-corrected chi connectivity index (χ2v) is 6.49. The first kappa shape index (κ1) is 14.7. The molecule has 0 saturated heterocycles. The molecule has 2 aliphatic rings. The first-order chi connectivity index (χ1) is 10.5. The molecule has 7 nitrogen and oxygen atoms in total. The van der Waals surface area contributed by atoms with Gasteiger partial charge in [0.15, 0.2) is 0 Å². The lowest BCUT2D eigenvalue weighted by molar-refractivity contribution is -0.393. The molecule has 1 aromatic carbocycles. The number of nitrogens with one attached hydrogen (secondary N) is 1. The molecule has 118 valence electrons. The first-order valence-electron chi connectivity index (χ1n) is 7.65. The summed E-state index contributed by atoms with van der Waals surface area (Å²) in [6.45, 7) is 2.05. The number of fused-ring (bicyclic) bond motifs is 2. The third-order valence-corrected chi connectivity index (χ3v) is 5.21. The Hall–Kier alpha value is -2.18. The van der Waals surface area contributed by atoms with Crippen molar-refractivity contribution in [2.45, 2.75) is 38.6 Å². The SMILES string of the molecule is C[C@H](Nc1ccc([N+](=O)[O-])cc1[N+](=O)[O-])[C@@H]1C[C@H]2CC[C@H]1C2. The van der Waals surface area contributed by atoms with E-state index in [-0.39, 0.29) is 17.4 Å². The van der Waals surface area contributed by atoms with Crippen molar-refractivity contribution < 1.29 is 9.85 Å². The molecule has 2 saturated carbocycles. The van der Waals surface area contributed by atoms with Gasteiger partial charge >= 0.3 is 0 Å². The highest BCUT2D eigenvalue weighted by Crippen LogP contribution is 2.50. The summed E-state index contributed by atoms with van der Waals surface area (Å²) in [6.07, 6.45) is 5.02. The summed E-state index contributed by atoms with van der Waals surface area (Å²) in [6, 6.07) is 3.91. The lowest BCUT2D eigenvalue weighted by atomic mass is 9.84. The Kier molecular flexibility index (Phi) is 3.72. The minimum Gasteiger partial charge on any atom is -0.377 e. The van der Waals surface area contributed by atoms with Crippen LogP contribution in [0.2, 0.25) is 0 Å². The van der Waals surface area contributed by atoms with E-state index >= 15 is 0 Å². The van der Waals surface area contributed by atoms with Crippen LogP contribution < -0.4 is 5.32 Å². The van der Waals surface area contributed by atoms with Gasteiger partial charge in [0.25, 0.3) is 11.4 Å². The molecule has 0 heterocycles. The summed E-state index contributed by atoms with van der Waals surface area (Å²) >= 11 is 0. The molecule has 3 rings (SSSR count). The van der Waals surface area contributed by atoms with Crippen LogP contribution >= 0.6 is 0 Å². The summed E-state index contributed by atoms with van der Waals surface area (Å²) in [4.78, 5) is 20.8. The largest absolute Gasteiger partial charge is 0.377 e. The first-order valence-corrected chi connectivity index (χ1v) is 7.65. The molecule has 2 bridgehead atoms. The number of nitro groups is 2. The molecular weight excluding hydrogens is 286 g/mol. The third-order valence-electron chi connectivity index (χ3n) is 5.21. The van der Waals surface area contributed by atoms with Gasteiger partial charge < -0.3 is 5.32 Å². The summed E-state index contributed by atoms with van der Waals surface area (Å²) < 4.78 is 0. The second kappa shape index (κ2) is 5.55. The molecule has 0 radical (unpaired) electrons. The van der Waals surface area contributed by atoms with Crippen molar-refractivity contribution in [1.29, 1.82) is 0 Å². The van der Waals surface area contributed by atoms with E-state index in [2.05, 4.69) is 12.2 Å². The van der Waals surface area contributed by atoms with Crippen molar-refractivity contribution in [3.63, 3.8) is 0 Å². The monoisotopic (exact) mass is 305 g/mol. The molecular formula is C15H19N3O4. The standard InChI is InChI=1S/C15H19N3O4/c1-9(13-7-10-2-3-11(13)6-10)16-14-5-4-12(17(19)20)8-15(14)18(21)22/h4-5,8-11,13,16H,2-3,6-7H2,1H3/t9-,10-,11-,13-/m0/s1. The highest BCUT2D eigenvalue weighted by Gasteiger charge is 2.42. The summed E-state index contributed by atoms with van der Waals surface area (Å²) in [5, 5.41) is 25.2. The van der Waals surface area contributed by atoms with Gasteiger partial charge in [0.2, 0.25) is 0 Å². The van der Waals surface area contributed by atoms with Gasteiger partial charge in [-0.05, 0) is 50.0 Å². The van der Waals surface area contributed by atoms with E-state index in [0.29, 0.717) is 17.5 Å². The molecule has 0 aliphatic heterocycles. The fourth-order valence-corrected chi connectivity index (χ4v) is 4.17. The molecule has 1 aromatic rings. The number of rotatable bonds is 5. The van der Waals surface area contributed by atoms with Gasteiger partial charge in [-0.15, -0.1) is 0 Å². The lowest BCUT2D eigenvalue weighted by Crippen LogP contribution is -2.30. The van der Waals surface area contributed by atoms with Crippen LogP contribution in [0.3, 0.4) is 0 Å². The normalized spacial score (nSPS) is 27.6. The zero-order valence-corrected chi connectivity index (χ0v) is 12.4. The quantitative estimate of drug-likeness (QED) is 0.660. The fourth-order valence-electron chi connectivity index (χ4n) is 4.17. The van der Waals surface area contributed by atoms with Crippen LogP contribution in [0, 0.1) is 38.0 Å². The number of nitrogens with zero attached hydrogens (tertiary/aromatic N) is 2. The molecule has 0 unspecified atom stereocenters. The van der Waals surface area contributed by atoms with Crippen LogP contribution in [0.4, 0.5) is 17.1 Å². The zero-order valence-electron chi connectivity index (χ0n) is 12.4. The Balaban J connectivity index is 1.79. The van der Waals surface area contributed by atoms with Crippen molar-refractivity contribution in [2.75, 3.05) is 5.32 Å². The van der Waals surface area contributed by atoms with E-state index in [1.165, 1.54) is 37.8 Å². The van der Waals surface area contributed by atoms with Crippen LogP contribution in [0.25, 0.3) is 0 Å². The minimum atomic E-state index is -0.615. The lowest BCUT2D eigenvalue weighted by Gasteiger charge is -2.29. The van der Waals surface area contributed by atoms with Crippen LogP contribution in [-0.4, -0.2) is 15.9 Å². The highest BCUT2D eigenvalue weighted by molar-refractivity contribution is 5.65. The molecule has 22 heavy (non-hydrogen) atoms. The number of non-ortho nitro benzene ring substituents is 1. The third kappa shape index (κ3) is 2.63.